The number of para-hydroxylation sites is 1. The number of carbonyl (C=O) groups excluding carboxylic acids is 1. The van der Waals surface area contributed by atoms with E-state index in [0.717, 1.165) is 37.0 Å². The Bertz CT molecular complexity index is 992. The van der Waals surface area contributed by atoms with Gasteiger partial charge in [0.1, 0.15) is 5.52 Å². The summed E-state index contributed by atoms with van der Waals surface area (Å²) < 4.78 is 1.99. The van der Waals surface area contributed by atoms with Gasteiger partial charge in [0, 0.05) is 30.9 Å². The number of carbonyl (C=O) groups is 1. The van der Waals surface area contributed by atoms with E-state index in [2.05, 4.69) is 20.5 Å². The van der Waals surface area contributed by atoms with Gasteiger partial charge in [0.2, 0.25) is 5.91 Å². The highest BCUT2D eigenvalue weighted by atomic mass is 16.6. The van der Waals surface area contributed by atoms with Gasteiger partial charge in [-0.15, -0.1) is 5.10 Å². The fraction of sp³-hybridized carbons (Fsp3) is 0.316. The second-order valence-electron chi connectivity index (χ2n) is 6.88. The normalized spacial score (nSPS) is 15.6. The van der Waals surface area contributed by atoms with Gasteiger partial charge in [0.15, 0.2) is 0 Å². The third-order valence-electron chi connectivity index (χ3n) is 5.01. The van der Waals surface area contributed by atoms with Crippen LogP contribution in [0, 0.1) is 10.1 Å². The molecule has 0 unspecified atom stereocenters. The number of nitrogens with zero attached hydrogens (tertiary/aromatic N) is 5. The van der Waals surface area contributed by atoms with Crippen molar-refractivity contribution in [2.75, 3.05) is 25.0 Å². The quantitative estimate of drug-likeness (QED) is 0.539. The molecule has 0 spiro atoms. The molecule has 0 atom stereocenters. The summed E-state index contributed by atoms with van der Waals surface area (Å²) >= 11 is 0. The Hall–Kier alpha value is -3.33. The first-order valence-electron chi connectivity index (χ1n) is 9.17. The van der Waals surface area contributed by atoms with Crippen LogP contribution in [-0.2, 0) is 4.79 Å². The zero-order chi connectivity index (χ0) is 19.5. The number of aromatic nitrogens is 3. The van der Waals surface area contributed by atoms with E-state index < -0.39 is 4.92 Å². The standard InChI is InChI=1S/C19H20N6O3/c26-19(20-14-5-7-16(8-6-14)25(27)28)13-23-11-9-15(10-12-23)24-18-4-2-1-3-17(18)21-22-24/h1-8,15H,9-13H2,(H,20,26). The van der Waals surface area contributed by atoms with Crippen molar-refractivity contribution in [3.8, 4) is 0 Å². The van der Waals surface area contributed by atoms with E-state index in [4.69, 9.17) is 0 Å². The van der Waals surface area contributed by atoms with Gasteiger partial charge in [0.25, 0.3) is 5.69 Å². The summed E-state index contributed by atoms with van der Waals surface area (Å²) in [5.41, 5.74) is 2.49. The van der Waals surface area contributed by atoms with E-state index in [0.29, 0.717) is 12.2 Å². The van der Waals surface area contributed by atoms with Crippen LogP contribution in [0.4, 0.5) is 11.4 Å². The van der Waals surface area contributed by atoms with Crippen molar-refractivity contribution >= 4 is 28.3 Å². The first-order valence-corrected chi connectivity index (χ1v) is 9.17. The number of non-ortho nitro benzene ring substituents is 1. The van der Waals surface area contributed by atoms with Gasteiger partial charge in [-0.1, -0.05) is 17.3 Å². The lowest BCUT2D eigenvalue weighted by molar-refractivity contribution is -0.384. The molecule has 2 heterocycles. The SMILES string of the molecule is O=C(CN1CCC(n2nnc3ccccc32)CC1)Nc1ccc([N+](=O)[O-])cc1. The zero-order valence-corrected chi connectivity index (χ0v) is 15.2. The highest BCUT2D eigenvalue weighted by Gasteiger charge is 2.24. The maximum Gasteiger partial charge on any atom is 0.269 e. The van der Waals surface area contributed by atoms with E-state index in [9.17, 15) is 14.9 Å². The number of benzene rings is 2. The molecular weight excluding hydrogens is 360 g/mol. The molecule has 0 saturated carbocycles. The lowest BCUT2D eigenvalue weighted by Crippen LogP contribution is -2.39. The molecule has 2 aromatic carbocycles. The Morgan fingerprint density at radius 2 is 1.86 bits per heavy atom. The number of piperidine rings is 1. The molecule has 0 aliphatic carbocycles. The van der Waals surface area contributed by atoms with E-state index in [1.807, 2.05) is 28.9 Å². The smallest absolute Gasteiger partial charge is 0.269 e. The Kier molecular flexibility index (Phi) is 4.98. The summed E-state index contributed by atoms with van der Waals surface area (Å²) in [6, 6.07) is 14.0. The number of fused-ring (bicyclic) bond motifs is 1. The number of anilines is 1. The van der Waals surface area contributed by atoms with Crippen LogP contribution in [-0.4, -0.2) is 50.4 Å². The van der Waals surface area contributed by atoms with Crippen molar-refractivity contribution in [3.63, 3.8) is 0 Å². The highest BCUT2D eigenvalue weighted by molar-refractivity contribution is 5.92. The minimum atomic E-state index is -0.464. The molecule has 4 rings (SSSR count). The summed E-state index contributed by atoms with van der Waals surface area (Å²) in [7, 11) is 0. The van der Waals surface area contributed by atoms with Crippen molar-refractivity contribution in [3.05, 3.63) is 58.6 Å². The molecule has 1 fully saturated rings. The minimum Gasteiger partial charge on any atom is -0.325 e. The van der Waals surface area contributed by atoms with Crippen LogP contribution in [0.5, 0.6) is 0 Å². The second-order valence-corrected chi connectivity index (χ2v) is 6.88. The Morgan fingerprint density at radius 1 is 1.14 bits per heavy atom. The van der Waals surface area contributed by atoms with Crippen molar-refractivity contribution in [2.24, 2.45) is 0 Å². The lowest BCUT2D eigenvalue weighted by Gasteiger charge is -2.31. The molecule has 3 aromatic rings. The van der Waals surface area contributed by atoms with Crippen LogP contribution < -0.4 is 5.32 Å². The number of hydrogen-bond donors (Lipinski definition) is 1. The van der Waals surface area contributed by atoms with Crippen LogP contribution in [0.15, 0.2) is 48.5 Å². The van der Waals surface area contributed by atoms with Gasteiger partial charge in [-0.05, 0) is 37.1 Å². The molecule has 9 nitrogen and oxygen atoms in total. The molecule has 144 valence electrons. The van der Waals surface area contributed by atoms with Crippen LogP contribution in [0.3, 0.4) is 0 Å². The molecule has 1 aromatic heterocycles. The Morgan fingerprint density at radius 3 is 2.57 bits per heavy atom. The zero-order valence-electron chi connectivity index (χ0n) is 15.2. The highest BCUT2D eigenvalue weighted by Crippen LogP contribution is 2.25. The molecule has 1 aliphatic rings. The molecular formula is C19H20N6O3. The number of amides is 1. The first kappa shape index (κ1) is 18.1. The second kappa shape index (κ2) is 7.73. The molecule has 28 heavy (non-hydrogen) atoms. The first-order chi connectivity index (χ1) is 13.6. The van der Waals surface area contributed by atoms with Gasteiger partial charge in [-0.25, -0.2) is 4.68 Å². The van der Waals surface area contributed by atoms with Gasteiger partial charge < -0.3 is 5.32 Å². The average molecular weight is 380 g/mol. The minimum absolute atomic E-state index is 0.000654. The number of hydrogen-bond acceptors (Lipinski definition) is 6. The summed E-state index contributed by atoms with van der Waals surface area (Å²) in [6.45, 7) is 1.89. The Balaban J connectivity index is 1.30. The molecule has 0 bridgehead atoms. The third-order valence-corrected chi connectivity index (χ3v) is 5.01. The van der Waals surface area contributed by atoms with E-state index in [1.165, 1.54) is 24.3 Å². The number of likely N-dealkylation sites (tertiary alicyclic amines) is 1. The van der Waals surface area contributed by atoms with Crippen LogP contribution in [0.25, 0.3) is 11.0 Å². The number of rotatable bonds is 5. The van der Waals surface area contributed by atoms with E-state index >= 15 is 0 Å². The van der Waals surface area contributed by atoms with Crippen LogP contribution in [0.2, 0.25) is 0 Å². The predicted octanol–water partition coefficient (Wildman–Crippen LogP) is 2.62. The van der Waals surface area contributed by atoms with Gasteiger partial charge >= 0.3 is 0 Å². The molecule has 1 N–H and O–H groups in total. The fourth-order valence-electron chi connectivity index (χ4n) is 3.55. The summed E-state index contributed by atoms with van der Waals surface area (Å²) in [4.78, 5) is 24.6. The van der Waals surface area contributed by atoms with Crippen molar-refractivity contribution in [1.82, 2.24) is 19.9 Å². The summed E-state index contributed by atoms with van der Waals surface area (Å²) in [5, 5.41) is 22.0. The fourth-order valence-corrected chi connectivity index (χ4v) is 3.55. The van der Waals surface area contributed by atoms with Gasteiger partial charge in [-0.3, -0.25) is 19.8 Å². The van der Waals surface area contributed by atoms with Crippen LogP contribution >= 0.6 is 0 Å². The van der Waals surface area contributed by atoms with Crippen molar-refractivity contribution < 1.29 is 9.72 Å². The molecule has 1 amide bonds. The van der Waals surface area contributed by atoms with Crippen molar-refractivity contribution in [1.29, 1.82) is 0 Å². The molecule has 9 heteroatoms. The topological polar surface area (TPSA) is 106 Å². The number of nitrogens with one attached hydrogen (secondary N) is 1. The van der Waals surface area contributed by atoms with E-state index in [1.54, 1.807) is 0 Å². The maximum atomic E-state index is 12.3. The third kappa shape index (κ3) is 3.84. The van der Waals surface area contributed by atoms with Gasteiger partial charge in [-0.2, -0.15) is 0 Å². The van der Waals surface area contributed by atoms with Gasteiger partial charge in [0.05, 0.1) is 23.0 Å². The van der Waals surface area contributed by atoms with Crippen LogP contribution in [0.1, 0.15) is 18.9 Å². The predicted molar refractivity (Wildman–Crippen MR) is 104 cm³/mol. The summed E-state index contributed by atoms with van der Waals surface area (Å²) in [6.07, 6.45) is 1.80. The molecule has 0 radical (unpaired) electrons. The molecule has 1 saturated heterocycles. The number of nitro groups is 1. The monoisotopic (exact) mass is 380 g/mol. The average Bonchev–Trinajstić information content (AvgIpc) is 3.13. The van der Waals surface area contributed by atoms with Crippen molar-refractivity contribution in [2.45, 2.75) is 18.9 Å². The number of nitro benzene ring substituents is 1. The maximum absolute atomic E-state index is 12.3. The Labute approximate surface area is 161 Å². The largest absolute Gasteiger partial charge is 0.325 e. The lowest BCUT2D eigenvalue weighted by atomic mass is 10.0. The van der Waals surface area contributed by atoms with E-state index in [-0.39, 0.29) is 17.6 Å². The molecule has 1 aliphatic heterocycles. The summed E-state index contributed by atoms with van der Waals surface area (Å²) in [5.74, 6) is -0.126.